The topological polar surface area (TPSA) is 101 Å². The summed E-state index contributed by atoms with van der Waals surface area (Å²) in [6, 6.07) is 0.877. The Morgan fingerprint density at radius 1 is 1.38 bits per heavy atom. The second kappa shape index (κ2) is 5.46. The zero-order valence-corrected chi connectivity index (χ0v) is 14.7. The summed E-state index contributed by atoms with van der Waals surface area (Å²) in [5.41, 5.74) is -1.12. The normalized spacial score (nSPS) is 17.0. The van der Waals surface area contributed by atoms with E-state index in [1.165, 1.54) is 7.05 Å². The van der Waals surface area contributed by atoms with E-state index < -0.39 is 33.9 Å². The Morgan fingerprint density at radius 2 is 2.00 bits per heavy atom. The zero-order chi connectivity index (χ0) is 18.0. The number of anilines is 1. The molecule has 1 aliphatic heterocycles. The van der Waals surface area contributed by atoms with Gasteiger partial charge in [0.1, 0.15) is 5.82 Å². The van der Waals surface area contributed by atoms with Gasteiger partial charge in [0, 0.05) is 19.5 Å². The number of hydrogen-bond acceptors (Lipinski definition) is 5. The molecule has 1 aromatic heterocycles. The fourth-order valence-corrected chi connectivity index (χ4v) is 4.95. The van der Waals surface area contributed by atoms with Gasteiger partial charge in [0.05, 0.1) is 22.2 Å². The predicted molar refractivity (Wildman–Crippen MR) is 88.5 cm³/mol. The maximum atomic E-state index is 14.5. The Labute approximate surface area is 146 Å². The van der Waals surface area contributed by atoms with Gasteiger partial charge >= 0.3 is 5.69 Å². The Kier molecular flexibility index (Phi) is 3.92. The summed E-state index contributed by atoms with van der Waals surface area (Å²) >= 11 is 11.9. The van der Waals surface area contributed by atoms with Gasteiger partial charge in [0.2, 0.25) is 11.2 Å². The molecule has 12 heteroatoms. The monoisotopic (exact) mass is 396 g/mol. The van der Waals surface area contributed by atoms with Gasteiger partial charge in [-0.3, -0.25) is 13.9 Å². The van der Waals surface area contributed by atoms with Crippen molar-refractivity contribution < 1.29 is 18.3 Å². The van der Waals surface area contributed by atoms with Gasteiger partial charge in [-0.05, 0) is 17.7 Å². The number of nitrogens with zero attached hydrogens (tertiary/aromatic N) is 4. The molecule has 3 rings (SSSR count). The van der Waals surface area contributed by atoms with E-state index in [1.807, 2.05) is 0 Å². The number of carbonyl (C=O) groups is 1. The smallest absolute Gasteiger partial charge is 0.281 e. The minimum Gasteiger partial charge on any atom is -0.281 e. The van der Waals surface area contributed by atoms with Gasteiger partial charge < -0.3 is 0 Å². The van der Waals surface area contributed by atoms with Crippen LogP contribution < -0.4 is 9.99 Å². The van der Waals surface area contributed by atoms with E-state index in [-0.39, 0.29) is 27.2 Å². The summed E-state index contributed by atoms with van der Waals surface area (Å²) in [7, 11) is -2.26. The lowest BCUT2D eigenvalue weighted by molar-refractivity contribution is -0.115. The number of carbonyl (C=O) groups excluding carboxylic acids is 1. The third-order valence-corrected chi connectivity index (χ3v) is 5.74. The highest BCUT2D eigenvalue weighted by Gasteiger charge is 2.41. The summed E-state index contributed by atoms with van der Waals surface area (Å²) < 4.78 is 37.3. The highest BCUT2D eigenvalue weighted by atomic mass is 35.5. The molecule has 1 aliphatic rings. The van der Waals surface area contributed by atoms with Crippen LogP contribution in [0.15, 0.2) is 10.9 Å². The summed E-state index contributed by atoms with van der Waals surface area (Å²) in [6.45, 7) is 1.12. The van der Waals surface area contributed by atoms with Crippen molar-refractivity contribution in [2.24, 2.45) is 7.05 Å². The van der Waals surface area contributed by atoms with E-state index >= 15 is 0 Å². The number of aryl methyl sites for hydroxylation is 1. The average Bonchev–Trinajstić information content (AvgIpc) is 2.85. The van der Waals surface area contributed by atoms with E-state index in [4.69, 9.17) is 23.2 Å². The van der Waals surface area contributed by atoms with Gasteiger partial charge in [-0.1, -0.05) is 11.6 Å². The van der Waals surface area contributed by atoms with Crippen molar-refractivity contribution in [2.45, 2.75) is 12.7 Å². The Hall–Kier alpha value is -1.59. The molecule has 2 heterocycles. The average molecular weight is 397 g/mol. The van der Waals surface area contributed by atoms with Crippen LogP contribution in [-0.4, -0.2) is 29.4 Å². The number of aromatic nitrogens is 3. The van der Waals surface area contributed by atoms with Gasteiger partial charge in [-0.25, -0.2) is 22.7 Å². The van der Waals surface area contributed by atoms with Gasteiger partial charge in [-0.15, -0.1) is 15.9 Å². The minimum atomic E-state index is -3.59. The molecule has 2 N–H and O–H groups in total. The molecule has 0 bridgehead atoms. The molecule has 0 spiro atoms. The van der Waals surface area contributed by atoms with E-state index in [1.54, 1.807) is 0 Å². The van der Waals surface area contributed by atoms with Gasteiger partial charge in [0.25, 0.3) is 0 Å². The molecule has 1 amide bonds. The molecule has 1 aromatic carbocycles. The van der Waals surface area contributed by atoms with Gasteiger partial charge in [-0.2, -0.15) is 0 Å². The third kappa shape index (κ3) is 2.33. The highest BCUT2D eigenvalue weighted by Crippen LogP contribution is 2.60. The SMILES string of the molecule is CC(=O)N1c2c(Cl)cc(F)c(-n3c(Cl)nn(C)c3=O)c2CS1(O)O. The summed E-state index contributed by atoms with van der Waals surface area (Å²) in [5, 5.41) is 3.20. The predicted octanol–water partition coefficient (Wildman–Crippen LogP) is 2.55. The molecule has 0 saturated heterocycles. The molecule has 2 aromatic rings. The molecule has 0 radical (unpaired) electrons. The fraction of sp³-hybridized carbons (Fsp3) is 0.250. The van der Waals surface area contributed by atoms with Crippen LogP contribution in [0.25, 0.3) is 5.69 Å². The summed E-state index contributed by atoms with van der Waals surface area (Å²) in [4.78, 5) is 24.0. The van der Waals surface area contributed by atoms with E-state index in [0.717, 1.165) is 22.2 Å². The molecule has 0 unspecified atom stereocenters. The number of fused-ring (bicyclic) bond motifs is 1. The molecule has 0 aliphatic carbocycles. The Bertz CT molecular complexity index is 942. The zero-order valence-electron chi connectivity index (χ0n) is 12.3. The Balaban J connectivity index is 2.41. The highest BCUT2D eigenvalue weighted by molar-refractivity contribution is 8.25. The lowest BCUT2D eigenvalue weighted by Crippen LogP contribution is -2.28. The maximum Gasteiger partial charge on any atom is 0.351 e. The van der Waals surface area contributed by atoms with Crippen LogP contribution >= 0.6 is 34.0 Å². The van der Waals surface area contributed by atoms with Crippen molar-refractivity contribution in [1.29, 1.82) is 0 Å². The third-order valence-electron chi connectivity index (χ3n) is 3.51. The number of rotatable bonds is 1. The van der Waals surface area contributed by atoms with E-state index in [2.05, 4.69) is 5.10 Å². The second-order valence-corrected chi connectivity index (χ2v) is 7.78. The van der Waals surface area contributed by atoms with Crippen molar-refractivity contribution in [1.82, 2.24) is 14.3 Å². The number of amides is 1. The van der Waals surface area contributed by atoms with Crippen LogP contribution in [0.1, 0.15) is 12.5 Å². The van der Waals surface area contributed by atoms with Crippen LogP contribution in [0.4, 0.5) is 10.1 Å². The van der Waals surface area contributed by atoms with Crippen molar-refractivity contribution in [3.8, 4) is 5.69 Å². The molecular formula is C12H11Cl2FN4O4S. The van der Waals surface area contributed by atoms with Crippen LogP contribution in [0, 0.1) is 5.82 Å². The molecule has 130 valence electrons. The first-order valence-corrected chi connectivity index (χ1v) is 8.88. The molecule has 0 saturated carbocycles. The van der Waals surface area contributed by atoms with Crippen molar-refractivity contribution in [3.63, 3.8) is 0 Å². The lowest BCUT2D eigenvalue weighted by atomic mass is 10.1. The quantitative estimate of drug-likeness (QED) is 0.771. The first-order chi connectivity index (χ1) is 11.1. The molecule has 24 heavy (non-hydrogen) atoms. The standard InChI is InChI=1S/C12H11Cl2FN4O4S/c1-5(20)19-9-6(4-24(19,22)23)10(8(15)3-7(9)13)18-11(14)16-17(2)12(18)21/h3,22-23H,4H2,1-2H3. The minimum absolute atomic E-state index is 0.00722. The fourth-order valence-electron chi connectivity index (χ4n) is 2.64. The van der Waals surface area contributed by atoms with Crippen LogP contribution in [0.5, 0.6) is 0 Å². The Morgan fingerprint density at radius 3 is 2.50 bits per heavy atom. The summed E-state index contributed by atoms with van der Waals surface area (Å²) in [5.74, 6) is -2.07. The van der Waals surface area contributed by atoms with E-state index in [0.29, 0.717) is 4.31 Å². The van der Waals surface area contributed by atoms with Crippen molar-refractivity contribution >= 4 is 45.6 Å². The largest absolute Gasteiger partial charge is 0.351 e. The van der Waals surface area contributed by atoms with Crippen molar-refractivity contribution in [3.05, 3.63) is 38.2 Å². The second-order valence-electron chi connectivity index (χ2n) is 5.12. The number of hydrogen-bond donors (Lipinski definition) is 2. The van der Waals surface area contributed by atoms with Crippen LogP contribution in [-0.2, 0) is 17.6 Å². The maximum absolute atomic E-state index is 14.5. The molecule has 0 fully saturated rings. The molecule has 8 nitrogen and oxygen atoms in total. The van der Waals surface area contributed by atoms with Crippen LogP contribution in [0.3, 0.4) is 0 Å². The lowest BCUT2D eigenvalue weighted by Gasteiger charge is -2.35. The van der Waals surface area contributed by atoms with E-state index in [9.17, 15) is 23.1 Å². The first kappa shape index (κ1) is 17.2. The van der Waals surface area contributed by atoms with Gasteiger partial charge in [0.15, 0.2) is 0 Å². The van der Waals surface area contributed by atoms with Crippen LogP contribution in [0.2, 0.25) is 10.3 Å². The first-order valence-electron chi connectivity index (χ1n) is 6.45. The molecule has 0 atom stereocenters. The number of halogens is 3. The van der Waals surface area contributed by atoms with Crippen molar-refractivity contribution in [2.75, 3.05) is 4.31 Å². The summed E-state index contributed by atoms with van der Waals surface area (Å²) in [6.07, 6.45) is 0. The molecular weight excluding hydrogens is 386 g/mol. The number of benzene rings is 1.